The molecule has 0 unspecified atom stereocenters. The molecular formula is C13H12INO3. The van der Waals surface area contributed by atoms with Gasteiger partial charge in [-0.05, 0) is 59.3 Å². The average Bonchev–Trinajstić information content (AvgIpc) is 2.71. The number of aromatic nitrogens is 1. The molecule has 0 saturated carbocycles. The fraction of sp³-hybridized carbons (Fsp3) is 0.154. The highest BCUT2D eigenvalue weighted by Gasteiger charge is 2.13. The van der Waals surface area contributed by atoms with Crippen molar-refractivity contribution in [3.63, 3.8) is 0 Å². The number of benzene rings is 1. The molecule has 2 rings (SSSR count). The van der Waals surface area contributed by atoms with E-state index in [-0.39, 0.29) is 5.69 Å². The van der Waals surface area contributed by atoms with E-state index in [0.29, 0.717) is 0 Å². The molecule has 0 fully saturated rings. The van der Waals surface area contributed by atoms with Crippen LogP contribution < -0.4 is 4.74 Å². The van der Waals surface area contributed by atoms with Gasteiger partial charge in [-0.1, -0.05) is 0 Å². The Morgan fingerprint density at radius 3 is 2.67 bits per heavy atom. The zero-order chi connectivity index (χ0) is 13.3. The van der Waals surface area contributed by atoms with Crippen molar-refractivity contribution in [2.45, 2.75) is 6.92 Å². The highest BCUT2D eigenvalue weighted by atomic mass is 127. The monoisotopic (exact) mass is 357 g/mol. The highest BCUT2D eigenvalue weighted by Crippen LogP contribution is 2.23. The van der Waals surface area contributed by atoms with Crippen LogP contribution in [-0.2, 0) is 0 Å². The number of hydrogen-bond acceptors (Lipinski definition) is 2. The summed E-state index contributed by atoms with van der Waals surface area (Å²) >= 11 is 2.10. The van der Waals surface area contributed by atoms with Crippen LogP contribution in [0.2, 0.25) is 0 Å². The minimum absolute atomic E-state index is 0.254. The Hall–Kier alpha value is -1.50. The Balaban J connectivity index is 2.55. The second kappa shape index (κ2) is 5.01. The van der Waals surface area contributed by atoms with Gasteiger partial charge in [0, 0.05) is 15.5 Å². The van der Waals surface area contributed by atoms with Gasteiger partial charge in [0.1, 0.15) is 11.4 Å². The summed E-state index contributed by atoms with van der Waals surface area (Å²) in [6.45, 7) is 1.93. The van der Waals surface area contributed by atoms with Crippen LogP contribution in [0.3, 0.4) is 0 Å². The average molecular weight is 357 g/mol. The summed E-state index contributed by atoms with van der Waals surface area (Å²) in [7, 11) is 1.61. The quantitative estimate of drug-likeness (QED) is 0.859. The van der Waals surface area contributed by atoms with Gasteiger partial charge >= 0.3 is 5.97 Å². The van der Waals surface area contributed by atoms with Crippen LogP contribution in [0, 0.1) is 10.5 Å². The third-order valence-electron chi connectivity index (χ3n) is 2.66. The van der Waals surface area contributed by atoms with E-state index in [0.717, 1.165) is 20.6 Å². The predicted octanol–water partition coefficient (Wildman–Crippen LogP) is 3.10. The van der Waals surface area contributed by atoms with Crippen molar-refractivity contribution in [1.82, 2.24) is 4.57 Å². The fourth-order valence-electron chi connectivity index (χ4n) is 1.82. The molecule has 0 saturated heterocycles. The van der Waals surface area contributed by atoms with Crippen molar-refractivity contribution in [3.05, 3.63) is 45.3 Å². The van der Waals surface area contributed by atoms with E-state index in [1.807, 2.05) is 25.1 Å². The van der Waals surface area contributed by atoms with Crippen molar-refractivity contribution >= 4 is 28.6 Å². The standard InChI is InChI=1S/C13H12INO3/c1-8-5-10(3-4-12(8)18-2)15-7-9(14)6-11(15)13(16)17/h3-7H,1-2H3,(H,16,17). The molecule has 1 aromatic heterocycles. The first-order valence-electron chi connectivity index (χ1n) is 5.29. The number of hydrogen-bond donors (Lipinski definition) is 1. The maximum absolute atomic E-state index is 11.2. The van der Waals surface area contributed by atoms with Gasteiger partial charge in [-0.25, -0.2) is 4.79 Å². The van der Waals surface area contributed by atoms with Crippen LogP contribution in [0.15, 0.2) is 30.5 Å². The summed E-state index contributed by atoms with van der Waals surface area (Å²) < 4.78 is 7.74. The number of halogens is 1. The molecule has 5 heteroatoms. The van der Waals surface area contributed by atoms with Crippen LogP contribution in [0.4, 0.5) is 0 Å². The first-order valence-corrected chi connectivity index (χ1v) is 6.37. The van der Waals surface area contributed by atoms with Crippen LogP contribution in [-0.4, -0.2) is 22.8 Å². The van der Waals surface area contributed by atoms with Gasteiger partial charge in [-0.15, -0.1) is 0 Å². The number of carbonyl (C=O) groups is 1. The van der Waals surface area contributed by atoms with E-state index < -0.39 is 5.97 Å². The van der Waals surface area contributed by atoms with E-state index in [2.05, 4.69) is 22.6 Å². The second-order valence-electron chi connectivity index (χ2n) is 3.87. The van der Waals surface area contributed by atoms with Gasteiger partial charge in [-0.2, -0.15) is 0 Å². The topological polar surface area (TPSA) is 51.5 Å². The summed E-state index contributed by atoms with van der Waals surface area (Å²) in [5, 5.41) is 9.16. The summed E-state index contributed by atoms with van der Waals surface area (Å²) in [5.41, 5.74) is 2.03. The van der Waals surface area contributed by atoms with Crippen molar-refractivity contribution < 1.29 is 14.6 Å². The Morgan fingerprint density at radius 2 is 2.11 bits per heavy atom. The van der Waals surface area contributed by atoms with E-state index in [1.54, 1.807) is 23.9 Å². The molecule has 0 bridgehead atoms. The van der Waals surface area contributed by atoms with Crippen molar-refractivity contribution in [1.29, 1.82) is 0 Å². The number of carboxylic acid groups (broad SMARTS) is 1. The number of aromatic carboxylic acids is 1. The molecule has 4 nitrogen and oxygen atoms in total. The summed E-state index contributed by atoms with van der Waals surface area (Å²) in [6.07, 6.45) is 1.80. The molecule has 1 aromatic carbocycles. The van der Waals surface area contributed by atoms with Crippen molar-refractivity contribution in [2.24, 2.45) is 0 Å². The maximum Gasteiger partial charge on any atom is 0.352 e. The predicted molar refractivity (Wildman–Crippen MR) is 76.7 cm³/mol. The number of carboxylic acids is 1. The molecule has 0 spiro atoms. The molecule has 0 amide bonds. The molecule has 0 radical (unpaired) electrons. The Kier molecular flexibility index (Phi) is 3.60. The molecule has 2 aromatic rings. The van der Waals surface area contributed by atoms with E-state index in [1.165, 1.54) is 0 Å². The van der Waals surface area contributed by atoms with Crippen LogP contribution in [0.25, 0.3) is 5.69 Å². The van der Waals surface area contributed by atoms with E-state index in [4.69, 9.17) is 9.84 Å². The van der Waals surface area contributed by atoms with Gasteiger partial charge in [0.25, 0.3) is 0 Å². The van der Waals surface area contributed by atoms with Gasteiger partial charge in [0.15, 0.2) is 0 Å². The molecular weight excluding hydrogens is 345 g/mol. The van der Waals surface area contributed by atoms with Crippen LogP contribution in [0.1, 0.15) is 16.1 Å². The normalized spacial score (nSPS) is 10.4. The van der Waals surface area contributed by atoms with E-state index >= 15 is 0 Å². The van der Waals surface area contributed by atoms with Gasteiger partial charge < -0.3 is 14.4 Å². The molecule has 18 heavy (non-hydrogen) atoms. The minimum Gasteiger partial charge on any atom is -0.496 e. The smallest absolute Gasteiger partial charge is 0.352 e. The van der Waals surface area contributed by atoms with Gasteiger partial charge in [0.05, 0.1) is 7.11 Å². The van der Waals surface area contributed by atoms with Crippen LogP contribution in [0.5, 0.6) is 5.75 Å². The number of rotatable bonds is 3. The zero-order valence-electron chi connectivity index (χ0n) is 9.98. The Morgan fingerprint density at radius 1 is 1.39 bits per heavy atom. The third-order valence-corrected chi connectivity index (χ3v) is 3.25. The highest BCUT2D eigenvalue weighted by molar-refractivity contribution is 14.1. The SMILES string of the molecule is COc1ccc(-n2cc(I)cc2C(=O)O)cc1C. The van der Waals surface area contributed by atoms with E-state index in [9.17, 15) is 4.79 Å². The number of methoxy groups -OCH3 is 1. The Bertz CT molecular complexity index is 604. The molecule has 0 aliphatic heterocycles. The van der Waals surface area contributed by atoms with Gasteiger partial charge in [0.2, 0.25) is 0 Å². The first kappa shape index (κ1) is 12.9. The summed E-state index contributed by atoms with van der Waals surface area (Å²) in [6, 6.07) is 7.22. The first-order chi connectivity index (χ1) is 8.52. The molecule has 1 heterocycles. The molecule has 0 aliphatic rings. The Labute approximate surface area is 118 Å². The third kappa shape index (κ3) is 2.35. The maximum atomic E-state index is 11.2. The second-order valence-corrected chi connectivity index (χ2v) is 5.12. The summed E-state index contributed by atoms with van der Waals surface area (Å²) in [5.74, 6) is -0.149. The van der Waals surface area contributed by atoms with Crippen molar-refractivity contribution in [3.8, 4) is 11.4 Å². The minimum atomic E-state index is -0.939. The van der Waals surface area contributed by atoms with Gasteiger partial charge in [-0.3, -0.25) is 0 Å². The van der Waals surface area contributed by atoms with Crippen molar-refractivity contribution in [2.75, 3.05) is 7.11 Å². The molecule has 94 valence electrons. The lowest BCUT2D eigenvalue weighted by Crippen LogP contribution is -2.05. The number of ether oxygens (including phenoxy) is 1. The molecule has 0 atom stereocenters. The van der Waals surface area contributed by atoms with Crippen LogP contribution >= 0.6 is 22.6 Å². The largest absolute Gasteiger partial charge is 0.496 e. The molecule has 1 N–H and O–H groups in total. The number of nitrogens with zero attached hydrogens (tertiary/aromatic N) is 1. The molecule has 0 aliphatic carbocycles. The summed E-state index contributed by atoms with van der Waals surface area (Å²) in [4.78, 5) is 11.2. The lowest BCUT2D eigenvalue weighted by molar-refractivity contribution is 0.0688. The number of aryl methyl sites for hydroxylation is 1. The zero-order valence-corrected chi connectivity index (χ0v) is 12.1. The fourth-order valence-corrected chi connectivity index (χ4v) is 2.39. The lowest BCUT2D eigenvalue weighted by atomic mass is 10.2. The lowest BCUT2D eigenvalue weighted by Gasteiger charge is -2.10.